The van der Waals surface area contributed by atoms with Crippen molar-refractivity contribution in [3.8, 4) is 11.3 Å². The molecule has 2 N–H and O–H groups in total. The Morgan fingerprint density at radius 3 is 2.31 bits per heavy atom. The van der Waals surface area contributed by atoms with Crippen LogP contribution in [-0.4, -0.2) is 17.0 Å². The summed E-state index contributed by atoms with van der Waals surface area (Å²) >= 11 is 0. The van der Waals surface area contributed by atoms with Crippen molar-refractivity contribution in [2.24, 2.45) is 0 Å². The maximum atomic E-state index is 14.3. The van der Waals surface area contributed by atoms with E-state index >= 15 is 0 Å². The van der Waals surface area contributed by atoms with E-state index < -0.39 is 17.5 Å². The number of amides is 2. The molecule has 0 aliphatic carbocycles. The molecule has 0 unspecified atom stereocenters. The molecular formula is C28H25F2N3O3. The number of aromatic nitrogens is 1. The minimum absolute atomic E-state index is 0.0262. The largest absolute Gasteiger partial charge is 0.360 e. The van der Waals surface area contributed by atoms with E-state index in [1.807, 2.05) is 32.9 Å². The molecule has 36 heavy (non-hydrogen) atoms. The maximum absolute atomic E-state index is 14.3. The summed E-state index contributed by atoms with van der Waals surface area (Å²) in [5.74, 6) is -2.17. The quantitative estimate of drug-likeness (QED) is 0.334. The zero-order valence-electron chi connectivity index (χ0n) is 20.3. The van der Waals surface area contributed by atoms with E-state index in [0.717, 1.165) is 28.9 Å². The molecule has 6 nitrogen and oxygen atoms in total. The van der Waals surface area contributed by atoms with Crippen LogP contribution in [-0.2, 0) is 11.2 Å². The lowest BCUT2D eigenvalue weighted by molar-refractivity contribution is -0.115. The average Bonchev–Trinajstić information content (AvgIpc) is 3.18. The van der Waals surface area contributed by atoms with Crippen molar-refractivity contribution in [3.63, 3.8) is 0 Å². The Morgan fingerprint density at radius 2 is 1.61 bits per heavy atom. The molecule has 0 saturated carbocycles. The Labute approximate surface area is 207 Å². The van der Waals surface area contributed by atoms with Crippen LogP contribution in [0.1, 0.15) is 38.4 Å². The molecular weight excluding hydrogens is 464 g/mol. The number of benzene rings is 3. The van der Waals surface area contributed by atoms with Gasteiger partial charge in [-0.2, -0.15) is 0 Å². The summed E-state index contributed by atoms with van der Waals surface area (Å²) in [5, 5.41) is 9.46. The third kappa shape index (κ3) is 5.33. The number of rotatable bonds is 6. The highest BCUT2D eigenvalue weighted by atomic mass is 19.1. The lowest BCUT2D eigenvalue weighted by atomic mass is 10.0. The van der Waals surface area contributed by atoms with Crippen LogP contribution >= 0.6 is 0 Å². The number of aryl methyl sites for hydroxylation is 3. The summed E-state index contributed by atoms with van der Waals surface area (Å²) in [7, 11) is 0. The Hall–Kier alpha value is -4.33. The molecule has 0 atom stereocenters. The highest BCUT2D eigenvalue weighted by Gasteiger charge is 2.24. The van der Waals surface area contributed by atoms with Gasteiger partial charge in [0, 0.05) is 23.0 Å². The molecule has 0 aliphatic rings. The number of carbonyl (C=O) groups excluding carboxylic acids is 2. The number of anilines is 2. The molecule has 0 aliphatic heterocycles. The smallest absolute Gasteiger partial charge is 0.261 e. The second-order valence-corrected chi connectivity index (χ2v) is 8.70. The van der Waals surface area contributed by atoms with E-state index in [2.05, 4.69) is 15.8 Å². The number of hydrogen-bond acceptors (Lipinski definition) is 4. The molecule has 1 aromatic heterocycles. The van der Waals surface area contributed by atoms with Gasteiger partial charge in [-0.15, -0.1) is 0 Å². The molecule has 0 radical (unpaired) electrons. The van der Waals surface area contributed by atoms with Gasteiger partial charge in [0.1, 0.15) is 28.7 Å². The fourth-order valence-electron chi connectivity index (χ4n) is 3.96. The van der Waals surface area contributed by atoms with Gasteiger partial charge in [-0.1, -0.05) is 17.3 Å². The summed E-state index contributed by atoms with van der Waals surface area (Å²) < 4.78 is 32.8. The fourth-order valence-corrected chi connectivity index (χ4v) is 3.96. The summed E-state index contributed by atoms with van der Waals surface area (Å²) in [6, 6.07) is 13.7. The Balaban J connectivity index is 1.49. The molecule has 4 aromatic rings. The highest BCUT2D eigenvalue weighted by Crippen LogP contribution is 2.29. The number of halogens is 2. The van der Waals surface area contributed by atoms with Crippen LogP contribution < -0.4 is 10.6 Å². The predicted molar refractivity (Wildman–Crippen MR) is 134 cm³/mol. The van der Waals surface area contributed by atoms with Gasteiger partial charge in [-0.25, -0.2) is 8.78 Å². The van der Waals surface area contributed by atoms with Gasteiger partial charge in [0.2, 0.25) is 5.91 Å². The van der Waals surface area contributed by atoms with Gasteiger partial charge < -0.3 is 15.2 Å². The van der Waals surface area contributed by atoms with Crippen LogP contribution in [0.3, 0.4) is 0 Å². The normalized spacial score (nSPS) is 10.8. The monoisotopic (exact) mass is 489 g/mol. The van der Waals surface area contributed by atoms with Crippen molar-refractivity contribution in [1.82, 2.24) is 5.16 Å². The molecule has 8 heteroatoms. The highest BCUT2D eigenvalue weighted by molar-refractivity contribution is 6.08. The van der Waals surface area contributed by atoms with Crippen LogP contribution in [0.5, 0.6) is 0 Å². The van der Waals surface area contributed by atoms with Crippen molar-refractivity contribution < 1.29 is 22.9 Å². The zero-order valence-corrected chi connectivity index (χ0v) is 20.3. The topological polar surface area (TPSA) is 84.2 Å². The van der Waals surface area contributed by atoms with Gasteiger partial charge in [0.05, 0.1) is 6.42 Å². The summed E-state index contributed by atoms with van der Waals surface area (Å²) in [6.07, 6.45) is 0.105. The van der Waals surface area contributed by atoms with Crippen LogP contribution in [0, 0.1) is 39.3 Å². The molecule has 3 aromatic carbocycles. The van der Waals surface area contributed by atoms with E-state index in [-0.39, 0.29) is 34.9 Å². The Bertz CT molecular complexity index is 1450. The van der Waals surface area contributed by atoms with E-state index in [4.69, 9.17) is 4.52 Å². The van der Waals surface area contributed by atoms with Crippen LogP contribution in [0.2, 0.25) is 0 Å². The predicted octanol–water partition coefficient (Wildman–Crippen LogP) is 6.29. The van der Waals surface area contributed by atoms with Gasteiger partial charge in [0.15, 0.2) is 0 Å². The molecule has 0 spiro atoms. The second-order valence-electron chi connectivity index (χ2n) is 8.70. The maximum Gasteiger partial charge on any atom is 0.261 e. The van der Waals surface area contributed by atoms with Gasteiger partial charge >= 0.3 is 0 Å². The first-order valence-electron chi connectivity index (χ1n) is 11.3. The Kier molecular flexibility index (Phi) is 6.96. The third-order valence-corrected chi connectivity index (χ3v) is 6.04. The molecule has 0 fully saturated rings. The molecule has 1 heterocycles. The second kappa shape index (κ2) is 10.1. The molecule has 4 rings (SSSR count). The van der Waals surface area contributed by atoms with E-state index in [9.17, 15) is 18.4 Å². The van der Waals surface area contributed by atoms with Gasteiger partial charge in [0.25, 0.3) is 5.91 Å². The standard InChI is InChI=1S/C28H25F2N3O3/c1-15-10-22(11-16(2)17(15)3)31-25(34)13-19-6-5-7-21(12-19)32-28(35)26-18(4)36-33-27(26)23-9-8-20(29)14-24(23)30/h5-12,14H,13H2,1-4H3,(H,31,34)(H,32,35). The first kappa shape index (κ1) is 24.8. The van der Waals surface area contributed by atoms with Crippen molar-refractivity contribution >= 4 is 23.2 Å². The third-order valence-electron chi connectivity index (χ3n) is 6.04. The lowest BCUT2D eigenvalue weighted by Gasteiger charge is -2.11. The minimum Gasteiger partial charge on any atom is -0.360 e. The molecule has 0 saturated heterocycles. The van der Waals surface area contributed by atoms with Crippen molar-refractivity contribution in [1.29, 1.82) is 0 Å². The van der Waals surface area contributed by atoms with E-state index in [0.29, 0.717) is 11.3 Å². The summed E-state index contributed by atoms with van der Waals surface area (Å²) in [6.45, 7) is 7.56. The first-order chi connectivity index (χ1) is 17.1. The summed E-state index contributed by atoms with van der Waals surface area (Å²) in [4.78, 5) is 25.7. The number of nitrogens with zero attached hydrogens (tertiary/aromatic N) is 1. The lowest BCUT2D eigenvalue weighted by Crippen LogP contribution is -2.16. The van der Waals surface area contributed by atoms with E-state index in [1.165, 1.54) is 18.6 Å². The summed E-state index contributed by atoms with van der Waals surface area (Å²) in [5.41, 5.74) is 5.20. The number of hydrogen-bond donors (Lipinski definition) is 2. The minimum atomic E-state index is -0.857. The average molecular weight is 490 g/mol. The van der Waals surface area contributed by atoms with Crippen molar-refractivity contribution in [3.05, 3.63) is 99.8 Å². The SMILES string of the molecule is Cc1cc(NC(=O)Cc2cccc(NC(=O)c3c(-c4ccc(F)cc4F)noc3C)c2)cc(C)c1C. The fraction of sp³-hybridized carbons (Fsp3) is 0.179. The van der Waals surface area contributed by atoms with Gasteiger partial charge in [-0.05, 0) is 86.3 Å². The molecule has 184 valence electrons. The van der Waals surface area contributed by atoms with E-state index in [1.54, 1.807) is 24.3 Å². The molecule has 0 bridgehead atoms. The number of nitrogens with one attached hydrogen (secondary N) is 2. The van der Waals surface area contributed by atoms with Gasteiger partial charge in [-0.3, -0.25) is 9.59 Å². The van der Waals surface area contributed by atoms with Crippen molar-refractivity contribution in [2.45, 2.75) is 34.1 Å². The Morgan fingerprint density at radius 1 is 0.889 bits per heavy atom. The van der Waals surface area contributed by atoms with Crippen molar-refractivity contribution in [2.75, 3.05) is 10.6 Å². The van der Waals surface area contributed by atoms with Crippen LogP contribution in [0.4, 0.5) is 20.2 Å². The van der Waals surface area contributed by atoms with Crippen LogP contribution in [0.25, 0.3) is 11.3 Å². The zero-order chi connectivity index (χ0) is 26.0. The number of carbonyl (C=O) groups is 2. The first-order valence-corrected chi connectivity index (χ1v) is 11.3. The molecule has 2 amide bonds. The van der Waals surface area contributed by atoms with Crippen LogP contribution in [0.15, 0.2) is 59.1 Å².